The normalized spacial score (nSPS) is 27.3. The van der Waals surface area contributed by atoms with E-state index in [-0.39, 0.29) is 0 Å². The minimum Gasteiger partial charge on any atom is -0.303 e. The largest absolute Gasteiger partial charge is 0.303 e. The molecule has 0 aromatic heterocycles. The van der Waals surface area contributed by atoms with E-state index < -0.39 is 0 Å². The van der Waals surface area contributed by atoms with Gasteiger partial charge in [0.25, 0.3) is 0 Å². The van der Waals surface area contributed by atoms with Crippen LogP contribution in [0.3, 0.4) is 0 Å². The fraction of sp³-hybridized carbons (Fsp3) is 0.923. The molecular formula is C13H23NO. The molecule has 0 aliphatic heterocycles. The molecule has 0 amide bonds. The monoisotopic (exact) mass is 209 g/mol. The quantitative estimate of drug-likeness (QED) is 0.693. The van der Waals surface area contributed by atoms with Gasteiger partial charge in [-0.1, -0.05) is 13.3 Å². The van der Waals surface area contributed by atoms with Gasteiger partial charge in [-0.25, -0.2) is 0 Å². The average molecular weight is 209 g/mol. The summed E-state index contributed by atoms with van der Waals surface area (Å²) in [5, 5.41) is 0. The predicted octanol–water partition coefficient (Wildman–Crippen LogP) is 2.48. The first-order chi connectivity index (χ1) is 7.29. The highest BCUT2D eigenvalue weighted by Crippen LogP contribution is 2.30. The van der Waals surface area contributed by atoms with Gasteiger partial charge in [-0.15, -0.1) is 0 Å². The molecule has 0 aromatic carbocycles. The van der Waals surface area contributed by atoms with Crippen LogP contribution in [0.4, 0.5) is 0 Å². The van der Waals surface area contributed by atoms with Gasteiger partial charge < -0.3 is 4.90 Å². The molecule has 0 spiro atoms. The SMILES string of the molecule is CCN(CC1CC1)CC1CCCCC1=O. The third-order valence-electron chi connectivity index (χ3n) is 3.82. The Morgan fingerprint density at radius 3 is 2.60 bits per heavy atom. The number of carbonyl (C=O) groups is 1. The van der Waals surface area contributed by atoms with Crippen LogP contribution in [0, 0.1) is 11.8 Å². The highest BCUT2D eigenvalue weighted by molar-refractivity contribution is 5.81. The van der Waals surface area contributed by atoms with Crippen molar-refractivity contribution in [3.8, 4) is 0 Å². The molecule has 0 saturated heterocycles. The Kier molecular flexibility index (Phi) is 3.79. The number of Topliss-reactive ketones (excluding diaryl/α,β-unsaturated/α-hetero) is 1. The summed E-state index contributed by atoms with van der Waals surface area (Å²) < 4.78 is 0. The summed E-state index contributed by atoms with van der Waals surface area (Å²) >= 11 is 0. The maximum absolute atomic E-state index is 11.7. The highest BCUT2D eigenvalue weighted by Gasteiger charge is 2.27. The van der Waals surface area contributed by atoms with Crippen molar-refractivity contribution < 1.29 is 4.79 Å². The lowest BCUT2D eigenvalue weighted by molar-refractivity contribution is -0.125. The number of ketones is 1. The third kappa shape index (κ3) is 3.30. The van der Waals surface area contributed by atoms with Gasteiger partial charge in [-0.05, 0) is 38.1 Å². The van der Waals surface area contributed by atoms with Crippen molar-refractivity contribution in [3.05, 3.63) is 0 Å². The third-order valence-corrected chi connectivity index (χ3v) is 3.82. The van der Waals surface area contributed by atoms with E-state index in [1.807, 2.05) is 0 Å². The number of nitrogens with zero attached hydrogens (tertiary/aromatic N) is 1. The van der Waals surface area contributed by atoms with Crippen molar-refractivity contribution in [1.82, 2.24) is 4.90 Å². The van der Waals surface area contributed by atoms with Crippen LogP contribution in [0.1, 0.15) is 45.4 Å². The fourth-order valence-electron chi connectivity index (χ4n) is 2.56. The molecule has 0 N–H and O–H groups in total. The standard InChI is InChI=1S/C13H23NO/c1-2-14(9-11-7-8-11)10-12-5-3-4-6-13(12)15/h11-12H,2-10H2,1H3. The number of rotatable bonds is 5. The number of carbonyl (C=O) groups excluding carboxylic acids is 1. The van der Waals surface area contributed by atoms with Gasteiger partial charge in [0, 0.05) is 25.4 Å². The molecule has 2 nitrogen and oxygen atoms in total. The molecule has 86 valence electrons. The van der Waals surface area contributed by atoms with Crippen molar-refractivity contribution in [1.29, 1.82) is 0 Å². The molecule has 2 aliphatic rings. The van der Waals surface area contributed by atoms with Crippen molar-refractivity contribution in [2.45, 2.75) is 45.4 Å². The maximum Gasteiger partial charge on any atom is 0.137 e. The second kappa shape index (κ2) is 5.11. The van der Waals surface area contributed by atoms with Crippen LogP contribution in [-0.4, -0.2) is 30.3 Å². The Morgan fingerprint density at radius 2 is 2.00 bits per heavy atom. The van der Waals surface area contributed by atoms with E-state index >= 15 is 0 Å². The molecule has 1 atom stereocenters. The zero-order valence-electron chi connectivity index (χ0n) is 9.87. The molecule has 1 unspecified atom stereocenters. The predicted molar refractivity (Wildman–Crippen MR) is 61.8 cm³/mol. The van der Waals surface area contributed by atoms with E-state index in [0.717, 1.165) is 38.3 Å². The van der Waals surface area contributed by atoms with Crippen LogP contribution >= 0.6 is 0 Å². The molecular weight excluding hydrogens is 186 g/mol. The molecule has 2 aliphatic carbocycles. The summed E-state index contributed by atoms with van der Waals surface area (Å²) in [6.07, 6.45) is 7.19. The van der Waals surface area contributed by atoms with E-state index in [2.05, 4.69) is 11.8 Å². The second-order valence-electron chi connectivity index (χ2n) is 5.20. The number of hydrogen-bond donors (Lipinski definition) is 0. The molecule has 2 rings (SSSR count). The van der Waals surface area contributed by atoms with E-state index in [4.69, 9.17) is 0 Å². The summed E-state index contributed by atoms with van der Waals surface area (Å²) in [4.78, 5) is 14.2. The van der Waals surface area contributed by atoms with Gasteiger partial charge in [0.15, 0.2) is 0 Å². The van der Waals surface area contributed by atoms with Crippen molar-refractivity contribution in [3.63, 3.8) is 0 Å². The average Bonchev–Trinajstić information content (AvgIpc) is 3.04. The number of hydrogen-bond acceptors (Lipinski definition) is 2. The van der Waals surface area contributed by atoms with Crippen LogP contribution in [0.15, 0.2) is 0 Å². The van der Waals surface area contributed by atoms with Crippen LogP contribution in [0.2, 0.25) is 0 Å². The first-order valence-corrected chi connectivity index (χ1v) is 6.54. The van der Waals surface area contributed by atoms with Crippen molar-refractivity contribution in [2.75, 3.05) is 19.6 Å². The van der Waals surface area contributed by atoms with E-state index in [1.165, 1.54) is 25.8 Å². The Labute approximate surface area is 93.0 Å². The van der Waals surface area contributed by atoms with Crippen LogP contribution in [0.25, 0.3) is 0 Å². The van der Waals surface area contributed by atoms with Crippen LogP contribution < -0.4 is 0 Å². The van der Waals surface area contributed by atoms with Gasteiger partial charge in [0.1, 0.15) is 5.78 Å². The molecule has 0 heterocycles. The molecule has 2 fully saturated rings. The zero-order valence-corrected chi connectivity index (χ0v) is 9.87. The summed E-state index contributed by atoms with van der Waals surface area (Å²) in [6, 6.07) is 0. The zero-order chi connectivity index (χ0) is 10.7. The van der Waals surface area contributed by atoms with Gasteiger partial charge in [0.05, 0.1) is 0 Å². The van der Waals surface area contributed by atoms with Gasteiger partial charge in [0.2, 0.25) is 0 Å². The first-order valence-electron chi connectivity index (χ1n) is 6.54. The Morgan fingerprint density at radius 1 is 1.20 bits per heavy atom. The van der Waals surface area contributed by atoms with Crippen LogP contribution in [-0.2, 0) is 4.79 Å². The lowest BCUT2D eigenvalue weighted by Crippen LogP contribution is -2.35. The summed E-state index contributed by atoms with van der Waals surface area (Å²) in [7, 11) is 0. The Balaban J connectivity index is 1.78. The maximum atomic E-state index is 11.7. The Bertz CT molecular complexity index is 223. The summed E-state index contributed by atoms with van der Waals surface area (Å²) in [5.41, 5.74) is 0. The van der Waals surface area contributed by atoms with Gasteiger partial charge in [-0.3, -0.25) is 4.79 Å². The fourth-order valence-corrected chi connectivity index (χ4v) is 2.56. The van der Waals surface area contributed by atoms with Crippen LogP contribution in [0.5, 0.6) is 0 Å². The molecule has 15 heavy (non-hydrogen) atoms. The minimum atomic E-state index is 0.359. The molecule has 0 aromatic rings. The molecule has 0 bridgehead atoms. The van der Waals surface area contributed by atoms with Gasteiger partial charge in [-0.2, -0.15) is 0 Å². The lowest BCUT2D eigenvalue weighted by atomic mass is 9.87. The van der Waals surface area contributed by atoms with Crippen molar-refractivity contribution in [2.24, 2.45) is 11.8 Å². The first kappa shape index (κ1) is 11.1. The van der Waals surface area contributed by atoms with E-state index in [1.54, 1.807) is 0 Å². The smallest absolute Gasteiger partial charge is 0.137 e. The highest BCUT2D eigenvalue weighted by atomic mass is 16.1. The summed E-state index contributed by atoms with van der Waals surface area (Å²) in [5.74, 6) is 1.83. The second-order valence-corrected chi connectivity index (χ2v) is 5.20. The van der Waals surface area contributed by atoms with Crippen molar-refractivity contribution >= 4 is 5.78 Å². The summed E-state index contributed by atoms with van der Waals surface area (Å²) in [6.45, 7) is 5.60. The molecule has 2 saturated carbocycles. The minimum absolute atomic E-state index is 0.359. The lowest BCUT2D eigenvalue weighted by Gasteiger charge is -2.27. The van der Waals surface area contributed by atoms with E-state index in [9.17, 15) is 4.79 Å². The van der Waals surface area contributed by atoms with E-state index in [0.29, 0.717) is 11.7 Å². The molecule has 2 heteroatoms. The topological polar surface area (TPSA) is 20.3 Å². The van der Waals surface area contributed by atoms with Gasteiger partial charge >= 0.3 is 0 Å². The Hall–Kier alpha value is -0.370. The molecule has 0 radical (unpaired) electrons.